The highest BCUT2D eigenvalue weighted by Crippen LogP contribution is 2.19. The van der Waals surface area contributed by atoms with Gasteiger partial charge < -0.3 is 5.32 Å². The smallest absolute Gasteiger partial charge is 0.323 e. The van der Waals surface area contributed by atoms with Gasteiger partial charge in [0.05, 0.1) is 6.54 Å². The molecule has 1 atom stereocenters. The van der Waals surface area contributed by atoms with Gasteiger partial charge in [-0.15, -0.1) is 6.42 Å². The molecular formula is C9H12N2O2. The monoisotopic (exact) mass is 180 g/mol. The van der Waals surface area contributed by atoms with Crippen LogP contribution < -0.4 is 5.32 Å². The molecule has 1 saturated heterocycles. The summed E-state index contributed by atoms with van der Waals surface area (Å²) in [7, 11) is 0. The van der Waals surface area contributed by atoms with E-state index in [0.717, 1.165) is 4.90 Å². The van der Waals surface area contributed by atoms with Crippen LogP contribution in [0.15, 0.2) is 0 Å². The number of nitrogens with one attached hydrogen (secondary N) is 1. The molecule has 4 heteroatoms. The number of terminal acetylenes is 1. The molecule has 0 aromatic rings. The lowest BCUT2D eigenvalue weighted by molar-refractivity contribution is -0.130. The van der Waals surface area contributed by atoms with E-state index < -0.39 is 11.6 Å². The average Bonchev–Trinajstić information content (AvgIpc) is 2.31. The maximum Gasteiger partial charge on any atom is 0.325 e. The van der Waals surface area contributed by atoms with Gasteiger partial charge in [0.25, 0.3) is 5.91 Å². The van der Waals surface area contributed by atoms with Crippen LogP contribution in [0.2, 0.25) is 0 Å². The zero-order valence-electron chi connectivity index (χ0n) is 7.76. The first-order valence-corrected chi connectivity index (χ1v) is 4.12. The van der Waals surface area contributed by atoms with Crippen molar-refractivity contribution in [2.24, 2.45) is 0 Å². The fraction of sp³-hybridized carbons (Fsp3) is 0.556. The van der Waals surface area contributed by atoms with E-state index in [1.165, 1.54) is 0 Å². The van der Waals surface area contributed by atoms with Gasteiger partial charge in [-0.2, -0.15) is 0 Å². The van der Waals surface area contributed by atoms with Crippen LogP contribution in [0.5, 0.6) is 0 Å². The van der Waals surface area contributed by atoms with E-state index >= 15 is 0 Å². The van der Waals surface area contributed by atoms with Gasteiger partial charge in [0.15, 0.2) is 0 Å². The molecule has 1 rings (SSSR count). The van der Waals surface area contributed by atoms with Gasteiger partial charge in [-0.25, -0.2) is 4.79 Å². The van der Waals surface area contributed by atoms with Crippen molar-refractivity contribution in [2.75, 3.05) is 6.54 Å². The van der Waals surface area contributed by atoms with Gasteiger partial charge in [-0.1, -0.05) is 12.8 Å². The molecule has 4 nitrogen and oxygen atoms in total. The van der Waals surface area contributed by atoms with Crippen LogP contribution in [-0.2, 0) is 4.79 Å². The molecule has 0 bridgehead atoms. The Bertz CT molecular complexity index is 292. The Labute approximate surface area is 77.3 Å². The minimum atomic E-state index is -0.770. The lowest BCUT2D eigenvalue weighted by Gasteiger charge is -2.18. The molecule has 1 aliphatic rings. The molecule has 0 aliphatic carbocycles. The van der Waals surface area contributed by atoms with Crippen molar-refractivity contribution in [3.8, 4) is 12.3 Å². The molecule has 0 aromatic carbocycles. The molecular weight excluding hydrogens is 168 g/mol. The SMILES string of the molecule is C#CCN1C(=O)NC(C)(CC)C1=O. The molecule has 13 heavy (non-hydrogen) atoms. The van der Waals surface area contributed by atoms with Crippen molar-refractivity contribution in [1.82, 2.24) is 10.2 Å². The zero-order valence-corrected chi connectivity index (χ0v) is 7.76. The number of amides is 3. The van der Waals surface area contributed by atoms with Gasteiger partial charge in [0.2, 0.25) is 0 Å². The van der Waals surface area contributed by atoms with Gasteiger partial charge in [0, 0.05) is 0 Å². The summed E-state index contributed by atoms with van der Waals surface area (Å²) in [5.41, 5.74) is -0.770. The van der Waals surface area contributed by atoms with Crippen molar-refractivity contribution in [2.45, 2.75) is 25.8 Å². The highest BCUT2D eigenvalue weighted by atomic mass is 16.2. The molecule has 0 aromatic heterocycles. The summed E-state index contributed by atoms with van der Waals surface area (Å²) in [5.74, 6) is 2.04. The second-order valence-corrected chi connectivity index (χ2v) is 3.21. The number of hydrogen-bond donors (Lipinski definition) is 1. The molecule has 0 radical (unpaired) electrons. The molecule has 3 amide bonds. The number of imide groups is 1. The number of carbonyl (C=O) groups excluding carboxylic acids is 2. The molecule has 1 unspecified atom stereocenters. The maximum absolute atomic E-state index is 11.6. The second-order valence-electron chi connectivity index (χ2n) is 3.21. The van der Waals surface area contributed by atoms with Crippen LogP contribution >= 0.6 is 0 Å². The Morgan fingerprint density at radius 3 is 2.62 bits per heavy atom. The summed E-state index contributed by atoms with van der Waals surface area (Å²) in [6, 6.07) is -0.396. The fourth-order valence-corrected chi connectivity index (χ4v) is 1.22. The lowest BCUT2D eigenvalue weighted by Crippen LogP contribution is -2.43. The Hall–Kier alpha value is -1.50. The van der Waals surface area contributed by atoms with E-state index in [0.29, 0.717) is 6.42 Å². The normalized spacial score (nSPS) is 27.3. The largest absolute Gasteiger partial charge is 0.325 e. The predicted molar refractivity (Wildman–Crippen MR) is 47.8 cm³/mol. The second kappa shape index (κ2) is 3.09. The summed E-state index contributed by atoms with van der Waals surface area (Å²) in [5, 5.41) is 2.61. The van der Waals surface area contributed by atoms with Gasteiger partial charge in [-0.3, -0.25) is 9.69 Å². The maximum atomic E-state index is 11.6. The molecule has 1 N–H and O–H groups in total. The number of rotatable bonds is 2. The minimum absolute atomic E-state index is 0.0419. The Morgan fingerprint density at radius 1 is 1.62 bits per heavy atom. The quantitative estimate of drug-likeness (QED) is 0.492. The molecule has 0 saturated carbocycles. The van der Waals surface area contributed by atoms with E-state index in [4.69, 9.17) is 6.42 Å². The first-order chi connectivity index (χ1) is 6.05. The first kappa shape index (κ1) is 9.59. The van der Waals surface area contributed by atoms with Crippen molar-refractivity contribution in [1.29, 1.82) is 0 Å². The molecule has 0 spiro atoms. The van der Waals surface area contributed by atoms with Gasteiger partial charge in [-0.05, 0) is 13.3 Å². The molecule has 70 valence electrons. The zero-order chi connectivity index (χ0) is 10.1. The molecule has 1 fully saturated rings. The summed E-state index contributed by atoms with van der Waals surface area (Å²) < 4.78 is 0. The standard InChI is InChI=1S/C9H12N2O2/c1-4-6-11-7(12)9(3,5-2)10-8(11)13/h1H,5-6H2,2-3H3,(H,10,13). The van der Waals surface area contributed by atoms with Gasteiger partial charge in [0.1, 0.15) is 5.54 Å². The van der Waals surface area contributed by atoms with Crippen molar-refractivity contribution in [3.63, 3.8) is 0 Å². The number of urea groups is 1. The highest BCUT2D eigenvalue weighted by Gasteiger charge is 2.45. The summed E-state index contributed by atoms with van der Waals surface area (Å²) >= 11 is 0. The van der Waals surface area contributed by atoms with E-state index in [1.54, 1.807) is 6.92 Å². The Morgan fingerprint density at radius 2 is 2.23 bits per heavy atom. The Kier molecular flexibility index (Phi) is 2.28. The summed E-state index contributed by atoms with van der Waals surface area (Å²) in [6.45, 7) is 3.58. The number of hydrogen-bond acceptors (Lipinski definition) is 2. The van der Waals surface area contributed by atoms with Gasteiger partial charge >= 0.3 is 6.03 Å². The average molecular weight is 180 g/mol. The summed E-state index contributed by atoms with van der Waals surface area (Å²) in [4.78, 5) is 23.9. The minimum Gasteiger partial charge on any atom is -0.323 e. The predicted octanol–water partition coefficient (Wildman–Crippen LogP) is 0.340. The summed E-state index contributed by atoms with van der Waals surface area (Å²) in [6.07, 6.45) is 5.61. The third-order valence-electron chi connectivity index (χ3n) is 2.30. The third-order valence-corrected chi connectivity index (χ3v) is 2.30. The fourth-order valence-electron chi connectivity index (χ4n) is 1.22. The third kappa shape index (κ3) is 1.37. The van der Waals surface area contributed by atoms with Crippen molar-refractivity contribution in [3.05, 3.63) is 0 Å². The lowest BCUT2D eigenvalue weighted by atomic mass is 9.99. The van der Waals surface area contributed by atoms with Crippen LogP contribution in [0, 0.1) is 12.3 Å². The molecule has 1 aliphatic heterocycles. The molecule has 1 heterocycles. The van der Waals surface area contributed by atoms with Crippen LogP contribution in [0.25, 0.3) is 0 Å². The Balaban J connectivity index is 2.89. The number of nitrogens with zero attached hydrogens (tertiary/aromatic N) is 1. The van der Waals surface area contributed by atoms with Crippen molar-refractivity contribution >= 4 is 11.9 Å². The first-order valence-electron chi connectivity index (χ1n) is 4.12. The van der Waals surface area contributed by atoms with Crippen LogP contribution in [-0.4, -0.2) is 28.9 Å². The van der Waals surface area contributed by atoms with E-state index in [2.05, 4.69) is 11.2 Å². The number of carbonyl (C=O) groups is 2. The van der Waals surface area contributed by atoms with E-state index in [-0.39, 0.29) is 12.5 Å². The van der Waals surface area contributed by atoms with Crippen LogP contribution in [0.3, 0.4) is 0 Å². The van der Waals surface area contributed by atoms with Crippen LogP contribution in [0.1, 0.15) is 20.3 Å². The van der Waals surface area contributed by atoms with Crippen molar-refractivity contribution < 1.29 is 9.59 Å². The van der Waals surface area contributed by atoms with Crippen LogP contribution in [0.4, 0.5) is 4.79 Å². The van der Waals surface area contributed by atoms with E-state index in [9.17, 15) is 9.59 Å². The van der Waals surface area contributed by atoms with E-state index in [1.807, 2.05) is 6.92 Å². The highest BCUT2D eigenvalue weighted by molar-refractivity contribution is 6.06. The topological polar surface area (TPSA) is 49.4 Å².